The van der Waals surface area contributed by atoms with Gasteiger partial charge in [-0.2, -0.15) is 10.0 Å². The molecule has 0 aliphatic rings. The smallest absolute Gasteiger partial charge is 0.337 e. The van der Waals surface area contributed by atoms with Crippen LogP contribution in [0.4, 0.5) is 0 Å². The minimum atomic E-state index is -0.819. The van der Waals surface area contributed by atoms with Gasteiger partial charge >= 0.3 is 5.97 Å². The topological polar surface area (TPSA) is 35.5 Å². The van der Waals surface area contributed by atoms with Crippen LogP contribution in [0.2, 0.25) is 0 Å². The van der Waals surface area contributed by atoms with Crippen molar-refractivity contribution in [1.29, 1.82) is 0 Å². The van der Waals surface area contributed by atoms with Crippen molar-refractivity contribution in [1.82, 2.24) is 0 Å². The zero-order valence-corrected chi connectivity index (χ0v) is 12.0. The van der Waals surface area contributed by atoms with Gasteiger partial charge in [0.25, 0.3) is 0 Å². The van der Waals surface area contributed by atoms with E-state index in [0.29, 0.717) is 17.9 Å². The average Bonchev–Trinajstić information content (AvgIpc) is 2.33. The van der Waals surface area contributed by atoms with Crippen LogP contribution in [-0.4, -0.2) is 38.5 Å². The molecule has 0 fully saturated rings. The van der Waals surface area contributed by atoms with Crippen molar-refractivity contribution in [2.75, 3.05) is 32.5 Å². The minimum absolute atomic E-state index is 0.328. The molecule has 1 aromatic rings. The minimum Gasteiger partial charge on any atom is -0.481 e. The molecule has 0 aromatic heterocycles. The van der Waals surface area contributed by atoms with Gasteiger partial charge < -0.3 is 9.47 Å². The van der Waals surface area contributed by atoms with E-state index in [0.717, 1.165) is 0 Å². The van der Waals surface area contributed by atoms with Gasteiger partial charge in [-0.05, 0) is 37.0 Å². The summed E-state index contributed by atoms with van der Waals surface area (Å²) in [6.45, 7) is 0.328. The number of esters is 1. The lowest BCUT2D eigenvalue weighted by molar-refractivity contribution is 0.0600. The van der Waals surface area contributed by atoms with Crippen LogP contribution in [0.3, 0.4) is 0 Å². The molecule has 4 heteroatoms. The van der Waals surface area contributed by atoms with Crippen LogP contribution in [-0.2, 0) is 4.74 Å². The maximum atomic E-state index is 11.3. The van der Waals surface area contributed by atoms with Crippen LogP contribution < -0.4 is 4.74 Å². The summed E-state index contributed by atoms with van der Waals surface area (Å²) in [6, 6.07) is 6.88. The Morgan fingerprint density at radius 3 is 2.67 bits per heavy atom. The van der Waals surface area contributed by atoms with E-state index in [2.05, 4.69) is 34.7 Å². The number of carbonyl (C=O) groups is 1. The van der Waals surface area contributed by atoms with E-state index in [4.69, 9.17) is 4.74 Å². The first-order chi connectivity index (χ1) is 8.42. The second-order valence-electron chi connectivity index (χ2n) is 4.42. The number of methoxy groups -OCH3 is 1. The van der Waals surface area contributed by atoms with Crippen molar-refractivity contribution in [3.05, 3.63) is 29.8 Å². The van der Waals surface area contributed by atoms with E-state index in [9.17, 15) is 4.79 Å². The molecule has 18 heavy (non-hydrogen) atoms. The second-order valence-corrected chi connectivity index (χ2v) is 8.30. The number of benzene rings is 1. The van der Waals surface area contributed by atoms with Crippen molar-refractivity contribution >= 4 is 16.0 Å². The van der Waals surface area contributed by atoms with Crippen molar-refractivity contribution in [2.45, 2.75) is 0 Å². The molecule has 0 aliphatic heterocycles. The molecular formula is C14H18O3S. The molecule has 0 bridgehead atoms. The Morgan fingerprint density at radius 1 is 1.33 bits per heavy atom. The quantitative estimate of drug-likeness (QED) is 0.623. The van der Waals surface area contributed by atoms with Crippen molar-refractivity contribution in [3.8, 4) is 16.9 Å². The molecule has 0 N–H and O–H groups in total. The SMILES string of the molecule is COC(=O)c1cccc(OCC#CS(C)(C)C)c1. The summed E-state index contributed by atoms with van der Waals surface area (Å²) in [6.07, 6.45) is 6.37. The fourth-order valence-electron chi connectivity index (χ4n) is 1.20. The third-order valence-electron chi connectivity index (χ3n) is 1.94. The third kappa shape index (κ3) is 5.15. The summed E-state index contributed by atoms with van der Waals surface area (Å²) in [5.41, 5.74) is 0.476. The summed E-state index contributed by atoms with van der Waals surface area (Å²) in [7, 11) is 0.535. The number of hydrogen-bond acceptors (Lipinski definition) is 3. The van der Waals surface area contributed by atoms with Crippen LogP contribution >= 0.6 is 10.0 Å². The highest BCUT2D eigenvalue weighted by Gasteiger charge is 2.05. The molecule has 0 atom stereocenters. The molecular weight excluding hydrogens is 248 g/mol. The average molecular weight is 266 g/mol. The molecule has 0 saturated carbocycles. The lowest BCUT2D eigenvalue weighted by atomic mass is 10.2. The van der Waals surface area contributed by atoms with E-state index >= 15 is 0 Å². The lowest BCUT2D eigenvalue weighted by Gasteiger charge is -2.14. The summed E-state index contributed by atoms with van der Waals surface area (Å²) in [4.78, 5) is 11.3. The maximum absolute atomic E-state index is 11.3. The molecule has 1 rings (SSSR count). The first-order valence-corrected chi connectivity index (χ1v) is 8.27. The van der Waals surface area contributed by atoms with Crippen molar-refractivity contribution in [2.24, 2.45) is 0 Å². The second kappa shape index (κ2) is 6.36. The summed E-state index contributed by atoms with van der Waals surface area (Å²) in [5, 5.41) is 3.16. The third-order valence-corrected chi connectivity index (χ3v) is 2.70. The number of rotatable bonds is 3. The number of carbonyl (C=O) groups excluding carboxylic acids is 1. The van der Waals surface area contributed by atoms with E-state index in [1.165, 1.54) is 7.11 Å². The van der Waals surface area contributed by atoms with E-state index in [1.54, 1.807) is 24.3 Å². The Kier molecular flexibility index (Phi) is 5.11. The summed E-state index contributed by atoms with van der Waals surface area (Å²) in [5.74, 6) is 3.24. The first-order valence-electron chi connectivity index (χ1n) is 5.41. The van der Waals surface area contributed by atoms with Crippen LogP contribution in [0.5, 0.6) is 5.75 Å². The zero-order chi connectivity index (χ0) is 13.6. The van der Waals surface area contributed by atoms with Gasteiger partial charge in [0, 0.05) is 0 Å². The molecule has 0 unspecified atom stereocenters. The standard InChI is InChI=1S/C14H18O3S/c1-16-14(15)12-7-5-8-13(11-12)17-9-6-10-18(2,3)4/h5,7-8,11H,9H2,1-4H3. The highest BCUT2D eigenvalue weighted by Crippen LogP contribution is 2.31. The van der Waals surface area contributed by atoms with Gasteiger partial charge in [0.15, 0.2) is 0 Å². The molecule has 3 nitrogen and oxygen atoms in total. The fourth-order valence-corrected chi connectivity index (χ4v) is 1.69. The van der Waals surface area contributed by atoms with Gasteiger partial charge in [0.05, 0.1) is 12.7 Å². The largest absolute Gasteiger partial charge is 0.481 e. The van der Waals surface area contributed by atoms with Gasteiger partial charge in [-0.3, -0.25) is 0 Å². The van der Waals surface area contributed by atoms with Gasteiger partial charge in [0.1, 0.15) is 12.4 Å². The van der Waals surface area contributed by atoms with Gasteiger partial charge in [-0.25, -0.2) is 4.79 Å². The van der Waals surface area contributed by atoms with E-state index in [-0.39, 0.29) is 5.97 Å². The predicted octanol–water partition coefficient (Wildman–Crippen LogP) is 2.51. The molecule has 98 valence electrons. The Balaban J connectivity index is 2.63. The molecule has 1 aromatic carbocycles. The predicted molar refractivity (Wildman–Crippen MR) is 76.4 cm³/mol. The molecule has 0 heterocycles. The van der Waals surface area contributed by atoms with E-state index in [1.807, 2.05) is 0 Å². The summed E-state index contributed by atoms with van der Waals surface area (Å²) >= 11 is 0. The van der Waals surface area contributed by atoms with Crippen molar-refractivity contribution in [3.63, 3.8) is 0 Å². The highest BCUT2D eigenvalue weighted by atomic mass is 32.3. The zero-order valence-electron chi connectivity index (χ0n) is 11.1. The Bertz CT molecular complexity index is 478. The lowest BCUT2D eigenvalue weighted by Crippen LogP contribution is -2.02. The van der Waals surface area contributed by atoms with Crippen LogP contribution in [0.15, 0.2) is 24.3 Å². The van der Waals surface area contributed by atoms with Crippen LogP contribution in [0.25, 0.3) is 0 Å². The Hall–Kier alpha value is -1.60. The molecule has 0 aliphatic carbocycles. The molecule has 0 saturated heterocycles. The van der Waals surface area contributed by atoms with Crippen molar-refractivity contribution < 1.29 is 14.3 Å². The first kappa shape index (κ1) is 14.5. The molecule has 0 spiro atoms. The van der Waals surface area contributed by atoms with Crippen LogP contribution in [0, 0.1) is 11.2 Å². The molecule has 0 radical (unpaired) electrons. The van der Waals surface area contributed by atoms with Crippen LogP contribution in [0.1, 0.15) is 10.4 Å². The molecule has 0 amide bonds. The summed E-state index contributed by atoms with van der Waals surface area (Å²) < 4.78 is 10.1. The maximum Gasteiger partial charge on any atom is 0.337 e. The van der Waals surface area contributed by atoms with Gasteiger partial charge in [-0.1, -0.05) is 17.2 Å². The fraction of sp³-hybridized carbons (Fsp3) is 0.357. The normalized spacial score (nSPS) is 11.1. The van der Waals surface area contributed by atoms with E-state index < -0.39 is 10.0 Å². The van der Waals surface area contributed by atoms with Gasteiger partial charge in [-0.15, -0.1) is 0 Å². The number of ether oxygens (including phenoxy) is 2. The Morgan fingerprint density at radius 2 is 2.06 bits per heavy atom. The monoisotopic (exact) mass is 266 g/mol. The van der Waals surface area contributed by atoms with Gasteiger partial charge in [0.2, 0.25) is 0 Å². The number of hydrogen-bond donors (Lipinski definition) is 0. The highest BCUT2D eigenvalue weighted by molar-refractivity contribution is 8.35. The Labute approximate surface area is 110 Å².